The third kappa shape index (κ3) is 2.96. The number of aliphatic carboxylic acids is 1. The van der Waals surface area contributed by atoms with Crippen LogP contribution in [0.4, 0.5) is 0 Å². The van der Waals surface area contributed by atoms with Crippen molar-refractivity contribution >= 4 is 21.7 Å². The zero-order valence-corrected chi connectivity index (χ0v) is 10.7. The Bertz CT molecular complexity index is 422. The summed E-state index contributed by atoms with van der Waals surface area (Å²) in [7, 11) is -3.48. The molecule has 0 aromatic rings. The third-order valence-corrected chi connectivity index (χ3v) is 5.15. The maximum absolute atomic E-state index is 11.5. The molecule has 0 bridgehead atoms. The molecule has 0 aromatic carbocycles. The van der Waals surface area contributed by atoms with Crippen molar-refractivity contribution in [2.45, 2.75) is 43.9 Å². The van der Waals surface area contributed by atoms with Crippen molar-refractivity contribution in [1.82, 2.24) is 5.32 Å². The van der Waals surface area contributed by atoms with E-state index in [1.54, 1.807) is 0 Å². The van der Waals surface area contributed by atoms with Gasteiger partial charge < -0.3 is 10.4 Å². The van der Waals surface area contributed by atoms with Crippen molar-refractivity contribution in [3.8, 4) is 0 Å². The van der Waals surface area contributed by atoms with Gasteiger partial charge >= 0.3 is 5.97 Å². The average Bonchev–Trinajstić information content (AvgIpc) is 2.09. The van der Waals surface area contributed by atoms with Gasteiger partial charge in [-0.05, 0) is 33.1 Å². The van der Waals surface area contributed by atoms with Crippen LogP contribution in [-0.4, -0.2) is 41.9 Å². The van der Waals surface area contributed by atoms with Crippen LogP contribution < -0.4 is 5.32 Å². The van der Waals surface area contributed by atoms with Gasteiger partial charge in [0.25, 0.3) is 0 Å². The van der Waals surface area contributed by atoms with Crippen molar-refractivity contribution in [3.05, 3.63) is 0 Å². The van der Waals surface area contributed by atoms with Crippen LogP contribution in [0.2, 0.25) is 0 Å². The summed E-state index contributed by atoms with van der Waals surface area (Å²) in [5.74, 6) is -2.49. The number of carboxylic acids is 1. The molecule has 0 aromatic heterocycles. The van der Waals surface area contributed by atoms with Crippen LogP contribution in [0.5, 0.6) is 0 Å². The van der Waals surface area contributed by atoms with Gasteiger partial charge in [0.15, 0.2) is 9.84 Å². The Morgan fingerprint density at radius 2 is 1.88 bits per heavy atom. The molecule has 0 heterocycles. The zero-order chi connectivity index (χ0) is 13.3. The van der Waals surface area contributed by atoms with Crippen LogP contribution in [0.1, 0.15) is 33.1 Å². The van der Waals surface area contributed by atoms with Crippen LogP contribution in [0.25, 0.3) is 0 Å². The van der Waals surface area contributed by atoms with Crippen molar-refractivity contribution in [3.63, 3.8) is 0 Å². The van der Waals surface area contributed by atoms with Gasteiger partial charge in [-0.15, -0.1) is 0 Å². The van der Waals surface area contributed by atoms with Gasteiger partial charge in [-0.25, -0.2) is 13.2 Å². The van der Waals surface area contributed by atoms with Gasteiger partial charge in [0, 0.05) is 0 Å². The minimum atomic E-state index is -3.48. The topological polar surface area (TPSA) is 101 Å². The van der Waals surface area contributed by atoms with E-state index in [0.29, 0.717) is 12.8 Å². The van der Waals surface area contributed by atoms with E-state index in [-0.39, 0.29) is 0 Å². The number of nitrogens with one attached hydrogen (secondary N) is 1. The largest absolute Gasteiger partial charge is 0.480 e. The quantitative estimate of drug-likeness (QED) is 0.723. The van der Waals surface area contributed by atoms with Gasteiger partial charge in [-0.2, -0.15) is 0 Å². The third-order valence-electron chi connectivity index (χ3n) is 3.05. The Morgan fingerprint density at radius 3 is 2.18 bits per heavy atom. The van der Waals surface area contributed by atoms with Crippen molar-refractivity contribution < 1.29 is 23.1 Å². The first kappa shape index (κ1) is 14.0. The molecule has 17 heavy (non-hydrogen) atoms. The predicted octanol–water partition coefficient (Wildman–Crippen LogP) is -0.0669. The number of carbonyl (C=O) groups is 2. The lowest BCUT2D eigenvalue weighted by molar-refractivity contribution is -0.151. The molecule has 6 nitrogen and oxygen atoms in total. The van der Waals surface area contributed by atoms with Gasteiger partial charge in [-0.3, -0.25) is 4.79 Å². The number of sulfone groups is 1. The summed E-state index contributed by atoms with van der Waals surface area (Å²) in [6, 6.07) is 0. The molecule has 2 N–H and O–H groups in total. The van der Waals surface area contributed by atoms with Crippen molar-refractivity contribution in [2.75, 3.05) is 5.75 Å². The lowest BCUT2D eigenvalue weighted by Gasteiger charge is -2.38. The Labute approximate surface area is 100 Å². The van der Waals surface area contributed by atoms with Gasteiger partial charge in [0.2, 0.25) is 5.91 Å². The summed E-state index contributed by atoms with van der Waals surface area (Å²) >= 11 is 0. The molecule has 0 radical (unpaired) electrons. The monoisotopic (exact) mass is 263 g/mol. The molecular weight excluding hydrogens is 246 g/mol. The minimum Gasteiger partial charge on any atom is -0.480 e. The van der Waals surface area contributed by atoms with Crippen molar-refractivity contribution in [1.29, 1.82) is 0 Å². The first-order chi connectivity index (χ1) is 7.69. The zero-order valence-electron chi connectivity index (χ0n) is 9.89. The molecule has 98 valence electrons. The van der Waals surface area contributed by atoms with Gasteiger partial charge in [-0.1, -0.05) is 0 Å². The highest BCUT2D eigenvalue weighted by Crippen LogP contribution is 2.31. The molecule has 1 aliphatic carbocycles. The summed E-state index contributed by atoms with van der Waals surface area (Å²) in [6.45, 7) is 2.97. The van der Waals surface area contributed by atoms with E-state index in [1.165, 1.54) is 13.8 Å². The van der Waals surface area contributed by atoms with E-state index in [2.05, 4.69) is 5.32 Å². The highest BCUT2D eigenvalue weighted by atomic mass is 32.2. The number of amides is 1. The fraction of sp³-hybridized carbons (Fsp3) is 0.800. The lowest BCUT2D eigenvalue weighted by atomic mass is 9.77. The van der Waals surface area contributed by atoms with Crippen LogP contribution in [0.15, 0.2) is 0 Å². The molecule has 1 rings (SSSR count). The van der Waals surface area contributed by atoms with E-state index >= 15 is 0 Å². The summed E-state index contributed by atoms with van der Waals surface area (Å²) in [4.78, 5) is 22.5. The number of carboxylic acid groups (broad SMARTS) is 1. The molecule has 1 aliphatic rings. The minimum absolute atomic E-state index is 0.357. The summed E-state index contributed by atoms with van der Waals surface area (Å²) in [5.41, 5.74) is -1.25. The summed E-state index contributed by atoms with van der Waals surface area (Å²) in [6.07, 6.45) is 1.44. The Hall–Kier alpha value is -1.11. The molecule has 1 fully saturated rings. The van der Waals surface area contributed by atoms with Crippen LogP contribution >= 0.6 is 0 Å². The number of rotatable bonds is 5. The normalized spacial score (nSPS) is 18.5. The molecule has 7 heteroatoms. The smallest absolute Gasteiger partial charge is 0.329 e. The summed E-state index contributed by atoms with van der Waals surface area (Å²) < 4.78 is 23.0. The number of hydrogen-bond acceptors (Lipinski definition) is 4. The van der Waals surface area contributed by atoms with Crippen LogP contribution in [0, 0.1) is 0 Å². The summed E-state index contributed by atoms with van der Waals surface area (Å²) in [5, 5.41) is 10.7. The molecule has 0 spiro atoms. The van der Waals surface area contributed by atoms with E-state index in [9.17, 15) is 18.0 Å². The van der Waals surface area contributed by atoms with E-state index in [0.717, 1.165) is 6.42 Å². The highest BCUT2D eigenvalue weighted by Gasteiger charge is 2.46. The highest BCUT2D eigenvalue weighted by molar-refractivity contribution is 7.92. The van der Waals surface area contributed by atoms with E-state index in [1.807, 2.05) is 0 Å². The van der Waals surface area contributed by atoms with Crippen molar-refractivity contribution in [2.24, 2.45) is 0 Å². The molecule has 0 atom stereocenters. The average molecular weight is 263 g/mol. The van der Waals surface area contributed by atoms with Gasteiger partial charge in [0.1, 0.15) is 11.3 Å². The first-order valence-corrected chi connectivity index (χ1v) is 7.17. The second kappa shape index (κ2) is 4.64. The molecule has 0 unspecified atom stereocenters. The van der Waals surface area contributed by atoms with E-state index < -0.39 is 38.3 Å². The molecule has 0 aliphatic heterocycles. The van der Waals surface area contributed by atoms with Gasteiger partial charge in [0.05, 0.1) is 5.25 Å². The number of hydrogen-bond donors (Lipinski definition) is 2. The molecular formula is C10H17NO5S. The van der Waals surface area contributed by atoms with Crippen LogP contribution in [0.3, 0.4) is 0 Å². The fourth-order valence-electron chi connectivity index (χ4n) is 1.58. The van der Waals surface area contributed by atoms with Crippen LogP contribution in [-0.2, 0) is 19.4 Å². The maximum Gasteiger partial charge on any atom is 0.329 e. The molecule has 1 amide bonds. The Kier molecular flexibility index (Phi) is 3.81. The lowest BCUT2D eigenvalue weighted by Crippen LogP contribution is -2.60. The van der Waals surface area contributed by atoms with E-state index in [4.69, 9.17) is 5.11 Å². The molecule has 1 saturated carbocycles. The molecule has 0 saturated heterocycles. The Morgan fingerprint density at radius 1 is 1.35 bits per heavy atom. The predicted molar refractivity (Wildman–Crippen MR) is 61.3 cm³/mol. The second-order valence-corrected chi connectivity index (χ2v) is 7.20. The first-order valence-electron chi connectivity index (χ1n) is 5.45. The maximum atomic E-state index is 11.5. The second-order valence-electron chi connectivity index (χ2n) is 4.64. The number of carbonyl (C=O) groups excluding carboxylic acids is 1. The fourth-order valence-corrected chi connectivity index (χ4v) is 2.35. The standard InChI is InChI=1S/C10H17NO5S/c1-7(2)17(15,16)6-8(12)11-10(9(13)14)4-3-5-10/h7H,3-6H2,1-2H3,(H,11,12)(H,13,14). The Balaban J connectivity index is 2.65. The SMILES string of the molecule is CC(C)S(=O)(=O)CC(=O)NC1(C(=O)O)CCC1.